The monoisotopic (exact) mass is 335 g/mol. The number of hydrogen-bond acceptors (Lipinski definition) is 3. The number of amides is 1. The van der Waals surface area contributed by atoms with Crippen LogP contribution in [0.1, 0.15) is 19.4 Å². The molecule has 2 aromatic rings. The van der Waals surface area contributed by atoms with Crippen LogP contribution in [0.5, 0.6) is 0 Å². The third kappa shape index (κ3) is 4.39. The molecule has 2 rings (SSSR count). The van der Waals surface area contributed by atoms with Gasteiger partial charge >= 0.3 is 0 Å². The van der Waals surface area contributed by atoms with Gasteiger partial charge in [-0.1, -0.05) is 12.1 Å². The molecule has 1 amide bonds. The van der Waals surface area contributed by atoms with Gasteiger partial charge in [0.05, 0.1) is 16.6 Å². The summed E-state index contributed by atoms with van der Waals surface area (Å²) in [5.74, 6) is -0.686. The summed E-state index contributed by atoms with van der Waals surface area (Å²) in [5.41, 5.74) is 1.07. The lowest BCUT2D eigenvalue weighted by Crippen LogP contribution is -2.16. The molecular formula is C17H18FNO3S. The molecule has 0 bridgehead atoms. The Morgan fingerprint density at radius 2 is 1.78 bits per heavy atom. The largest absolute Gasteiger partial charge is 0.326 e. The van der Waals surface area contributed by atoms with Crippen molar-refractivity contribution < 1.29 is 17.6 Å². The van der Waals surface area contributed by atoms with Crippen molar-refractivity contribution in [2.75, 3.05) is 5.32 Å². The van der Waals surface area contributed by atoms with Gasteiger partial charge in [-0.3, -0.25) is 4.79 Å². The summed E-state index contributed by atoms with van der Waals surface area (Å²) in [6.07, 6.45) is 0.0454. The molecule has 0 spiro atoms. The standard InChI is InChI=1S/C17H18FNO3S/c1-12(2)23(21,22)16-8-6-15(7-9-16)19-17(20)11-13-4-3-5-14(18)10-13/h3-10,12H,11H2,1-2H3,(H,19,20). The maximum absolute atomic E-state index is 13.1. The smallest absolute Gasteiger partial charge is 0.228 e. The van der Waals surface area contributed by atoms with Crippen LogP contribution in [0.25, 0.3) is 0 Å². The van der Waals surface area contributed by atoms with E-state index in [2.05, 4.69) is 5.32 Å². The average molecular weight is 335 g/mol. The van der Waals surface area contributed by atoms with E-state index >= 15 is 0 Å². The highest BCUT2D eigenvalue weighted by molar-refractivity contribution is 7.92. The molecule has 0 aromatic heterocycles. The molecule has 1 N–H and O–H groups in total. The van der Waals surface area contributed by atoms with E-state index in [-0.39, 0.29) is 17.2 Å². The lowest BCUT2D eigenvalue weighted by Gasteiger charge is -2.09. The third-order valence-corrected chi connectivity index (χ3v) is 5.51. The molecular weight excluding hydrogens is 317 g/mol. The molecule has 122 valence electrons. The van der Waals surface area contributed by atoms with Crippen LogP contribution in [0.2, 0.25) is 0 Å². The Kier molecular flexibility index (Phi) is 5.15. The highest BCUT2D eigenvalue weighted by atomic mass is 32.2. The van der Waals surface area contributed by atoms with Gasteiger partial charge in [0.1, 0.15) is 5.82 Å². The zero-order valence-corrected chi connectivity index (χ0v) is 13.7. The van der Waals surface area contributed by atoms with Gasteiger partial charge in [-0.05, 0) is 55.8 Å². The van der Waals surface area contributed by atoms with E-state index in [1.165, 1.54) is 24.3 Å². The third-order valence-electron chi connectivity index (χ3n) is 3.34. The Labute approximate surface area is 135 Å². The Bertz CT molecular complexity index is 799. The van der Waals surface area contributed by atoms with Crippen LogP contribution >= 0.6 is 0 Å². The number of hydrogen-bond donors (Lipinski definition) is 1. The number of carbonyl (C=O) groups excluding carboxylic acids is 1. The molecule has 0 saturated heterocycles. The molecule has 0 radical (unpaired) electrons. The van der Waals surface area contributed by atoms with Crippen molar-refractivity contribution in [3.63, 3.8) is 0 Å². The summed E-state index contributed by atoms with van der Waals surface area (Å²) in [5, 5.41) is 2.16. The van der Waals surface area contributed by atoms with Gasteiger partial charge in [-0.25, -0.2) is 12.8 Å². The van der Waals surface area contributed by atoms with E-state index in [9.17, 15) is 17.6 Å². The van der Waals surface area contributed by atoms with Crippen LogP contribution in [0.15, 0.2) is 53.4 Å². The van der Waals surface area contributed by atoms with Crippen molar-refractivity contribution >= 4 is 21.4 Å². The van der Waals surface area contributed by atoms with Crippen molar-refractivity contribution in [1.29, 1.82) is 0 Å². The van der Waals surface area contributed by atoms with E-state index in [0.29, 0.717) is 11.3 Å². The van der Waals surface area contributed by atoms with Crippen LogP contribution in [0.4, 0.5) is 10.1 Å². The number of anilines is 1. The predicted molar refractivity (Wildman–Crippen MR) is 87.5 cm³/mol. The van der Waals surface area contributed by atoms with Crippen LogP contribution < -0.4 is 5.32 Å². The predicted octanol–water partition coefficient (Wildman–Crippen LogP) is 3.19. The molecule has 2 aromatic carbocycles. The molecule has 0 unspecified atom stereocenters. The van der Waals surface area contributed by atoms with E-state index in [1.54, 1.807) is 38.1 Å². The molecule has 0 saturated carbocycles. The topological polar surface area (TPSA) is 63.2 Å². The Morgan fingerprint density at radius 1 is 1.13 bits per heavy atom. The van der Waals surface area contributed by atoms with Crippen LogP contribution in [-0.2, 0) is 21.1 Å². The lowest BCUT2D eigenvalue weighted by atomic mass is 10.1. The van der Waals surface area contributed by atoms with Crippen molar-refractivity contribution in [2.24, 2.45) is 0 Å². The second kappa shape index (κ2) is 6.91. The first-order chi connectivity index (χ1) is 10.8. The minimum Gasteiger partial charge on any atom is -0.326 e. The molecule has 0 aliphatic carbocycles. The lowest BCUT2D eigenvalue weighted by molar-refractivity contribution is -0.115. The van der Waals surface area contributed by atoms with Gasteiger partial charge in [0.2, 0.25) is 5.91 Å². The van der Waals surface area contributed by atoms with Gasteiger partial charge in [-0.2, -0.15) is 0 Å². The summed E-state index contributed by atoms with van der Waals surface area (Å²) in [4.78, 5) is 12.1. The fraction of sp³-hybridized carbons (Fsp3) is 0.235. The van der Waals surface area contributed by atoms with Crippen molar-refractivity contribution in [1.82, 2.24) is 0 Å². The minimum atomic E-state index is -3.33. The molecule has 23 heavy (non-hydrogen) atoms. The first-order valence-corrected chi connectivity index (χ1v) is 8.72. The summed E-state index contributed by atoms with van der Waals surface area (Å²) in [6.45, 7) is 3.23. The van der Waals surface area contributed by atoms with E-state index in [0.717, 1.165) is 0 Å². The molecule has 4 nitrogen and oxygen atoms in total. The Hall–Kier alpha value is -2.21. The SMILES string of the molecule is CC(C)S(=O)(=O)c1ccc(NC(=O)Cc2cccc(F)c2)cc1. The van der Waals surface area contributed by atoms with E-state index < -0.39 is 20.9 Å². The molecule has 6 heteroatoms. The number of rotatable bonds is 5. The Morgan fingerprint density at radius 3 is 2.35 bits per heavy atom. The second-order valence-corrected chi connectivity index (χ2v) is 7.98. The Balaban J connectivity index is 2.05. The summed E-state index contributed by atoms with van der Waals surface area (Å²) < 4.78 is 37.1. The number of halogens is 1. The first-order valence-electron chi connectivity index (χ1n) is 7.17. The highest BCUT2D eigenvalue weighted by Gasteiger charge is 2.18. The molecule has 0 fully saturated rings. The molecule has 0 atom stereocenters. The minimum absolute atomic E-state index is 0.0454. The van der Waals surface area contributed by atoms with Gasteiger partial charge in [-0.15, -0.1) is 0 Å². The fourth-order valence-electron chi connectivity index (χ4n) is 2.04. The maximum atomic E-state index is 13.1. The van der Waals surface area contributed by atoms with E-state index in [4.69, 9.17) is 0 Å². The number of benzene rings is 2. The fourth-order valence-corrected chi connectivity index (χ4v) is 3.10. The zero-order valence-electron chi connectivity index (χ0n) is 12.9. The number of carbonyl (C=O) groups is 1. The molecule has 0 aliphatic rings. The quantitative estimate of drug-likeness (QED) is 0.913. The summed E-state index contributed by atoms with van der Waals surface area (Å²) in [7, 11) is -3.33. The number of nitrogens with one attached hydrogen (secondary N) is 1. The van der Waals surface area contributed by atoms with Gasteiger partial charge in [0.25, 0.3) is 0 Å². The van der Waals surface area contributed by atoms with Crippen molar-refractivity contribution in [3.8, 4) is 0 Å². The molecule has 0 heterocycles. The summed E-state index contributed by atoms with van der Waals surface area (Å²) in [6, 6.07) is 11.8. The van der Waals surface area contributed by atoms with E-state index in [1.807, 2.05) is 0 Å². The number of sulfone groups is 1. The average Bonchev–Trinajstić information content (AvgIpc) is 2.47. The molecule has 0 aliphatic heterocycles. The van der Waals surface area contributed by atoms with Crippen molar-refractivity contribution in [3.05, 3.63) is 59.9 Å². The zero-order chi connectivity index (χ0) is 17.0. The first kappa shape index (κ1) is 17.1. The van der Waals surface area contributed by atoms with Crippen LogP contribution in [0, 0.1) is 5.82 Å². The van der Waals surface area contributed by atoms with Gasteiger partial charge in [0, 0.05) is 5.69 Å². The van der Waals surface area contributed by atoms with Crippen LogP contribution in [0.3, 0.4) is 0 Å². The second-order valence-electron chi connectivity index (χ2n) is 5.47. The highest BCUT2D eigenvalue weighted by Crippen LogP contribution is 2.18. The summed E-state index contributed by atoms with van der Waals surface area (Å²) >= 11 is 0. The van der Waals surface area contributed by atoms with Gasteiger partial charge < -0.3 is 5.32 Å². The van der Waals surface area contributed by atoms with Crippen LogP contribution in [-0.4, -0.2) is 19.6 Å². The maximum Gasteiger partial charge on any atom is 0.228 e. The normalized spacial score (nSPS) is 11.5. The van der Waals surface area contributed by atoms with Crippen molar-refractivity contribution in [2.45, 2.75) is 30.4 Å². The van der Waals surface area contributed by atoms with Gasteiger partial charge in [0.15, 0.2) is 9.84 Å².